The number of nitrogen functional groups attached to an aromatic ring is 1. The zero-order valence-corrected chi connectivity index (χ0v) is 8.04. The van der Waals surface area contributed by atoms with Gasteiger partial charge in [-0.25, -0.2) is 0 Å². The first kappa shape index (κ1) is 9.81. The number of rotatable bonds is 2. The van der Waals surface area contributed by atoms with Crippen molar-refractivity contribution >= 4 is 11.8 Å². The normalized spacial score (nSPS) is 11.0. The first-order valence-corrected chi connectivity index (χ1v) is 4.29. The van der Waals surface area contributed by atoms with Crippen LogP contribution in [0.25, 0.3) is 6.08 Å². The Morgan fingerprint density at radius 3 is 2.31 bits per heavy atom. The zero-order chi connectivity index (χ0) is 9.84. The molecule has 0 fully saturated rings. The minimum absolute atomic E-state index is 0.0719. The third-order valence-corrected chi connectivity index (χ3v) is 2.03. The number of aryl methyl sites for hydroxylation is 2. The lowest BCUT2D eigenvalue weighted by atomic mass is 10.0. The molecule has 13 heavy (non-hydrogen) atoms. The molecule has 0 heterocycles. The van der Waals surface area contributed by atoms with Crippen LogP contribution in [0.15, 0.2) is 18.2 Å². The Morgan fingerprint density at radius 1 is 1.31 bits per heavy atom. The molecule has 1 aromatic carbocycles. The van der Waals surface area contributed by atoms with Gasteiger partial charge in [-0.15, -0.1) is 0 Å². The van der Waals surface area contributed by atoms with Gasteiger partial charge in [0.15, 0.2) is 0 Å². The molecule has 0 saturated heterocycles. The minimum atomic E-state index is 0.0719. The van der Waals surface area contributed by atoms with E-state index in [0.29, 0.717) is 0 Å². The molecule has 2 nitrogen and oxygen atoms in total. The lowest BCUT2D eigenvalue weighted by molar-refractivity contribution is 0.343. The molecular weight excluding hydrogens is 162 g/mol. The number of aliphatic hydroxyl groups excluding tert-OH is 1. The van der Waals surface area contributed by atoms with Crippen molar-refractivity contribution in [1.29, 1.82) is 0 Å². The summed E-state index contributed by atoms with van der Waals surface area (Å²) in [4.78, 5) is 0. The summed E-state index contributed by atoms with van der Waals surface area (Å²) in [7, 11) is 0. The van der Waals surface area contributed by atoms with E-state index in [1.165, 1.54) is 0 Å². The molecule has 70 valence electrons. The lowest BCUT2D eigenvalue weighted by Gasteiger charge is -2.05. The van der Waals surface area contributed by atoms with E-state index in [9.17, 15) is 0 Å². The standard InChI is InChI=1S/C11H15NO/c1-8-6-10(4-3-5-13)7-9(2)11(8)12/h3-4,6-7,13H,5,12H2,1-2H3. The van der Waals surface area contributed by atoms with Crippen LogP contribution in [0.1, 0.15) is 16.7 Å². The van der Waals surface area contributed by atoms with Crippen molar-refractivity contribution in [2.24, 2.45) is 0 Å². The first-order valence-electron chi connectivity index (χ1n) is 4.29. The largest absolute Gasteiger partial charge is 0.398 e. The van der Waals surface area contributed by atoms with Gasteiger partial charge in [-0.2, -0.15) is 0 Å². The average Bonchev–Trinajstić information content (AvgIpc) is 2.10. The van der Waals surface area contributed by atoms with E-state index in [0.717, 1.165) is 22.4 Å². The fraction of sp³-hybridized carbons (Fsp3) is 0.273. The van der Waals surface area contributed by atoms with Crippen LogP contribution in [0, 0.1) is 13.8 Å². The van der Waals surface area contributed by atoms with Crippen LogP contribution in [-0.4, -0.2) is 11.7 Å². The molecule has 0 aliphatic rings. The summed E-state index contributed by atoms with van der Waals surface area (Å²) in [5.74, 6) is 0. The molecule has 0 radical (unpaired) electrons. The van der Waals surface area contributed by atoms with E-state index in [-0.39, 0.29) is 6.61 Å². The van der Waals surface area contributed by atoms with Crippen LogP contribution in [0.3, 0.4) is 0 Å². The number of nitrogens with two attached hydrogens (primary N) is 1. The highest BCUT2D eigenvalue weighted by Crippen LogP contribution is 2.19. The Hall–Kier alpha value is -1.28. The lowest BCUT2D eigenvalue weighted by Crippen LogP contribution is -1.94. The SMILES string of the molecule is Cc1cc(C=CCO)cc(C)c1N. The van der Waals surface area contributed by atoms with Crippen LogP contribution >= 0.6 is 0 Å². The second-order valence-electron chi connectivity index (χ2n) is 3.15. The highest BCUT2D eigenvalue weighted by atomic mass is 16.2. The molecule has 1 aromatic rings. The third kappa shape index (κ3) is 2.33. The van der Waals surface area contributed by atoms with Crippen molar-refractivity contribution in [2.75, 3.05) is 12.3 Å². The van der Waals surface area contributed by atoms with Gasteiger partial charge in [0.2, 0.25) is 0 Å². The average molecular weight is 177 g/mol. The van der Waals surface area contributed by atoms with Crippen LogP contribution < -0.4 is 5.73 Å². The highest BCUT2D eigenvalue weighted by Gasteiger charge is 1.98. The summed E-state index contributed by atoms with van der Waals surface area (Å²) in [6, 6.07) is 4.02. The van der Waals surface area contributed by atoms with Crippen molar-refractivity contribution in [3.05, 3.63) is 34.9 Å². The predicted molar refractivity (Wildman–Crippen MR) is 56.4 cm³/mol. The summed E-state index contributed by atoms with van der Waals surface area (Å²) < 4.78 is 0. The monoisotopic (exact) mass is 177 g/mol. The molecule has 0 amide bonds. The van der Waals surface area contributed by atoms with Gasteiger partial charge in [0.25, 0.3) is 0 Å². The maximum atomic E-state index is 8.61. The maximum absolute atomic E-state index is 8.61. The van der Waals surface area contributed by atoms with Crippen LogP contribution in [-0.2, 0) is 0 Å². The number of hydrogen-bond acceptors (Lipinski definition) is 2. The van der Waals surface area contributed by atoms with E-state index >= 15 is 0 Å². The smallest absolute Gasteiger partial charge is 0.0615 e. The van der Waals surface area contributed by atoms with Crippen molar-refractivity contribution in [1.82, 2.24) is 0 Å². The van der Waals surface area contributed by atoms with Gasteiger partial charge in [0.1, 0.15) is 0 Å². The summed E-state index contributed by atoms with van der Waals surface area (Å²) in [5, 5.41) is 8.61. The van der Waals surface area contributed by atoms with Gasteiger partial charge in [-0.05, 0) is 42.7 Å². The fourth-order valence-corrected chi connectivity index (χ4v) is 1.29. The van der Waals surface area contributed by atoms with Crippen molar-refractivity contribution in [3.63, 3.8) is 0 Å². The molecule has 0 aliphatic carbocycles. The second kappa shape index (κ2) is 4.10. The number of hydrogen-bond donors (Lipinski definition) is 2. The molecule has 0 atom stereocenters. The van der Waals surface area contributed by atoms with Crippen LogP contribution in [0.2, 0.25) is 0 Å². The van der Waals surface area contributed by atoms with E-state index in [2.05, 4.69) is 0 Å². The summed E-state index contributed by atoms with van der Waals surface area (Å²) in [6.45, 7) is 4.04. The summed E-state index contributed by atoms with van der Waals surface area (Å²) in [6.07, 6.45) is 3.60. The van der Waals surface area contributed by atoms with Gasteiger partial charge in [0, 0.05) is 5.69 Å². The highest BCUT2D eigenvalue weighted by molar-refractivity contribution is 5.61. The molecule has 0 spiro atoms. The van der Waals surface area contributed by atoms with Gasteiger partial charge in [0.05, 0.1) is 6.61 Å². The topological polar surface area (TPSA) is 46.2 Å². The minimum Gasteiger partial charge on any atom is -0.398 e. The first-order chi connectivity index (χ1) is 6.15. The molecule has 2 heteroatoms. The predicted octanol–water partition coefficient (Wildman–Crippen LogP) is 1.89. The van der Waals surface area contributed by atoms with E-state index < -0.39 is 0 Å². The molecule has 0 aromatic heterocycles. The third-order valence-electron chi connectivity index (χ3n) is 2.03. The molecule has 1 rings (SSSR count). The number of anilines is 1. The van der Waals surface area contributed by atoms with Gasteiger partial charge < -0.3 is 10.8 Å². The Balaban J connectivity index is 3.06. The van der Waals surface area contributed by atoms with E-state index in [4.69, 9.17) is 10.8 Å². The number of benzene rings is 1. The van der Waals surface area contributed by atoms with E-state index in [1.807, 2.05) is 32.1 Å². The maximum Gasteiger partial charge on any atom is 0.0615 e. The van der Waals surface area contributed by atoms with Gasteiger partial charge in [-0.1, -0.05) is 12.2 Å². The number of aliphatic hydroxyl groups is 1. The van der Waals surface area contributed by atoms with Gasteiger partial charge >= 0.3 is 0 Å². The summed E-state index contributed by atoms with van der Waals surface area (Å²) in [5.41, 5.74) is 9.90. The molecule has 0 aliphatic heterocycles. The Kier molecular flexibility index (Phi) is 3.09. The quantitative estimate of drug-likeness (QED) is 0.678. The van der Waals surface area contributed by atoms with Crippen LogP contribution in [0.4, 0.5) is 5.69 Å². The van der Waals surface area contributed by atoms with Crippen molar-refractivity contribution in [3.8, 4) is 0 Å². The van der Waals surface area contributed by atoms with Crippen molar-refractivity contribution in [2.45, 2.75) is 13.8 Å². The molecule has 0 saturated carbocycles. The van der Waals surface area contributed by atoms with Crippen LogP contribution in [0.5, 0.6) is 0 Å². The molecule has 0 unspecified atom stereocenters. The summed E-state index contributed by atoms with van der Waals surface area (Å²) >= 11 is 0. The zero-order valence-electron chi connectivity index (χ0n) is 8.04. The van der Waals surface area contributed by atoms with E-state index in [1.54, 1.807) is 6.08 Å². The second-order valence-corrected chi connectivity index (χ2v) is 3.15. The molecule has 0 bridgehead atoms. The molecular formula is C11H15NO. The fourth-order valence-electron chi connectivity index (χ4n) is 1.29. The Bertz CT molecular complexity index is 306. The Labute approximate surface area is 78.7 Å². The Morgan fingerprint density at radius 2 is 1.85 bits per heavy atom. The molecule has 3 N–H and O–H groups in total. The van der Waals surface area contributed by atoms with Gasteiger partial charge in [-0.3, -0.25) is 0 Å². The van der Waals surface area contributed by atoms with Crippen molar-refractivity contribution < 1.29 is 5.11 Å².